The fourth-order valence-electron chi connectivity index (χ4n) is 2.80. The fourth-order valence-corrected chi connectivity index (χ4v) is 2.80. The summed E-state index contributed by atoms with van der Waals surface area (Å²) in [5.41, 5.74) is 0.852. The van der Waals surface area contributed by atoms with E-state index < -0.39 is 6.10 Å². The molecule has 1 N–H and O–H groups in total. The smallest absolute Gasteiger partial charge is 0.260 e. The van der Waals surface area contributed by atoms with Crippen molar-refractivity contribution in [3.8, 4) is 17.7 Å². The number of aromatic nitrogens is 2. The number of aliphatic hydroxyl groups is 1. The Morgan fingerprint density at radius 1 is 1.27 bits per heavy atom. The van der Waals surface area contributed by atoms with Gasteiger partial charge < -0.3 is 19.1 Å². The van der Waals surface area contributed by atoms with Crippen LogP contribution in [-0.2, 0) is 6.54 Å². The van der Waals surface area contributed by atoms with Crippen molar-refractivity contribution >= 4 is 10.9 Å². The van der Waals surface area contributed by atoms with Crippen molar-refractivity contribution in [1.82, 2.24) is 9.55 Å². The molecule has 0 bridgehead atoms. The lowest BCUT2D eigenvalue weighted by atomic mass is 10.1. The second kappa shape index (κ2) is 7.25. The van der Waals surface area contributed by atoms with Gasteiger partial charge in [0.15, 0.2) is 0 Å². The van der Waals surface area contributed by atoms with E-state index >= 15 is 0 Å². The van der Waals surface area contributed by atoms with E-state index in [9.17, 15) is 15.2 Å². The van der Waals surface area contributed by atoms with E-state index in [0.717, 1.165) is 0 Å². The van der Waals surface area contributed by atoms with E-state index in [4.69, 9.17) is 9.47 Å². The van der Waals surface area contributed by atoms with Gasteiger partial charge in [-0.05, 0) is 18.2 Å². The van der Waals surface area contributed by atoms with Gasteiger partial charge in [0.2, 0.25) is 5.88 Å². The third-order valence-corrected chi connectivity index (χ3v) is 4.10. The molecule has 0 unspecified atom stereocenters. The molecule has 26 heavy (non-hydrogen) atoms. The lowest BCUT2D eigenvalue weighted by molar-refractivity contribution is 0.151. The van der Waals surface area contributed by atoms with E-state index in [2.05, 4.69) is 4.98 Å². The van der Waals surface area contributed by atoms with Crippen molar-refractivity contribution in [3.05, 3.63) is 64.1 Å². The van der Waals surface area contributed by atoms with Gasteiger partial charge in [-0.15, -0.1) is 0 Å². The zero-order valence-electron chi connectivity index (χ0n) is 14.3. The van der Waals surface area contributed by atoms with E-state index in [-0.39, 0.29) is 28.9 Å². The zero-order valence-corrected chi connectivity index (χ0v) is 14.3. The summed E-state index contributed by atoms with van der Waals surface area (Å²) in [5.74, 6) is 0.721. The minimum Gasteiger partial charge on any atom is -0.496 e. The normalized spacial score (nSPS) is 11.8. The van der Waals surface area contributed by atoms with Crippen LogP contribution < -0.4 is 15.0 Å². The molecule has 0 fully saturated rings. The third kappa shape index (κ3) is 3.10. The number of para-hydroxylation sites is 1. The number of fused-ring (bicyclic) bond motifs is 1. The lowest BCUT2D eigenvalue weighted by Gasteiger charge is -2.16. The van der Waals surface area contributed by atoms with Crippen LogP contribution in [0.3, 0.4) is 0 Å². The van der Waals surface area contributed by atoms with Gasteiger partial charge >= 0.3 is 0 Å². The highest BCUT2D eigenvalue weighted by atomic mass is 16.5. The predicted molar refractivity (Wildman–Crippen MR) is 95.2 cm³/mol. The van der Waals surface area contributed by atoms with Gasteiger partial charge in [-0.3, -0.25) is 4.79 Å². The molecule has 2 aromatic heterocycles. The number of benzene rings is 1. The molecule has 2 heterocycles. The SMILES string of the molecule is COc1ccccc1[C@@H](O)Cn1ccc2nc(OC)c(C#N)cc2c1=O. The number of methoxy groups -OCH3 is 2. The highest BCUT2D eigenvalue weighted by molar-refractivity contribution is 5.79. The zero-order chi connectivity index (χ0) is 18.7. The lowest BCUT2D eigenvalue weighted by Crippen LogP contribution is -2.23. The molecule has 7 heteroatoms. The summed E-state index contributed by atoms with van der Waals surface area (Å²) in [4.78, 5) is 16.9. The van der Waals surface area contributed by atoms with Crippen LogP contribution in [-0.4, -0.2) is 28.9 Å². The second-order valence-electron chi connectivity index (χ2n) is 5.62. The summed E-state index contributed by atoms with van der Waals surface area (Å²) in [6.07, 6.45) is 0.630. The predicted octanol–water partition coefficient (Wildman–Crippen LogP) is 2.02. The molecule has 3 rings (SSSR count). The first-order valence-corrected chi connectivity index (χ1v) is 7.88. The second-order valence-corrected chi connectivity index (χ2v) is 5.62. The van der Waals surface area contributed by atoms with Crippen molar-refractivity contribution in [2.45, 2.75) is 12.6 Å². The van der Waals surface area contributed by atoms with E-state index in [0.29, 0.717) is 16.8 Å². The van der Waals surface area contributed by atoms with Crippen LogP contribution in [0.4, 0.5) is 0 Å². The molecular weight excluding hydrogens is 334 g/mol. The Balaban J connectivity index is 2.02. The number of rotatable bonds is 5. The van der Waals surface area contributed by atoms with Crippen LogP contribution >= 0.6 is 0 Å². The molecular formula is C19H17N3O4. The van der Waals surface area contributed by atoms with Gasteiger partial charge in [-0.25, -0.2) is 4.98 Å². The van der Waals surface area contributed by atoms with Crippen molar-refractivity contribution < 1.29 is 14.6 Å². The van der Waals surface area contributed by atoms with Crippen LogP contribution in [0.5, 0.6) is 11.6 Å². The van der Waals surface area contributed by atoms with Crippen molar-refractivity contribution in [2.75, 3.05) is 14.2 Å². The Bertz CT molecular complexity index is 1050. The molecule has 0 aliphatic carbocycles. The summed E-state index contributed by atoms with van der Waals surface area (Å²) in [6.45, 7) is 0.0447. The number of aliphatic hydroxyl groups excluding tert-OH is 1. The first-order valence-electron chi connectivity index (χ1n) is 7.88. The summed E-state index contributed by atoms with van der Waals surface area (Å²) < 4.78 is 11.7. The Morgan fingerprint density at radius 2 is 2.04 bits per heavy atom. The minimum atomic E-state index is -0.928. The molecule has 0 saturated heterocycles. The maximum atomic E-state index is 12.7. The number of hydrogen-bond acceptors (Lipinski definition) is 6. The molecule has 0 aliphatic rings. The molecule has 0 aliphatic heterocycles. The number of nitrogens with zero attached hydrogens (tertiary/aromatic N) is 3. The molecule has 0 amide bonds. The molecule has 1 atom stereocenters. The highest BCUT2D eigenvalue weighted by Gasteiger charge is 2.16. The van der Waals surface area contributed by atoms with Gasteiger partial charge in [0.1, 0.15) is 23.5 Å². The van der Waals surface area contributed by atoms with Crippen LogP contribution in [0.25, 0.3) is 10.9 Å². The Kier molecular flexibility index (Phi) is 4.87. The average Bonchev–Trinajstić information content (AvgIpc) is 2.69. The summed E-state index contributed by atoms with van der Waals surface area (Å²) in [5, 5.41) is 20.0. The molecule has 7 nitrogen and oxygen atoms in total. The van der Waals surface area contributed by atoms with Gasteiger partial charge in [0.25, 0.3) is 5.56 Å². The highest BCUT2D eigenvalue weighted by Crippen LogP contribution is 2.26. The average molecular weight is 351 g/mol. The Labute approximate surface area is 149 Å². The van der Waals surface area contributed by atoms with Crippen molar-refractivity contribution in [1.29, 1.82) is 5.26 Å². The fraction of sp³-hybridized carbons (Fsp3) is 0.211. The summed E-state index contributed by atoms with van der Waals surface area (Å²) in [6, 6.07) is 12.2. The molecule has 0 spiro atoms. The maximum absolute atomic E-state index is 12.7. The van der Waals surface area contributed by atoms with E-state index in [1.807, 2.05) is 6.07 Å². The van der Waals surface area contributed by atoms with Crippen molar-refractivity contribution in [2.24, 2.45) is 0 Å². The molecule has 3 aromatic rings. The third-order valence-electron chi connectivity index (χ3n) is 4.10. The first-order chi connectivity index (χ1) is 12.6. The number of ether oxygens (including phenoxy) is 2. The van der Waals surface area contributed by atoms with Crippen molar-refractivity contribution in [3.63, 3.8) is 0 Å². The maximum Gasteiger partial charge on any atom is 0.260 e. The largest absolute Gasteiger partial charge is 0.496 e. The van der Waals surface area contributed by atoms with Gasteiger partial charge in [-0.2, -0.15) is 5.26 Å². The quantitative estimate of drug-likeness (QED) is 0.755. The molecule has 1 aromatic carbocycles. The molecule has 132 valence electrons. The minimum absolute atomic E-state index is 0.0447. The van der Waals surface area contributed by atoms with Crippen LogP contribution in [0, 0.1) is 11.3 Å². The van der Waals surface area contributed by atoms with Crippen LogP contribution in [0.2, 0.25) is 0 Å². The molecule has 0 radical (unpaired) electrons. The number of nitriles is 1. The van der Waals surface area contributed by atoms with Crippen LogP contribution in [0.15, 0.2) is 47.4 Å². The van der Waals surface area contributed by atoms with E-state index in [1.165, 1.54) is 24.9 Å². The van der Waals surface area contributed by atoms with Gasteiger partial charge in [0, 0.05) is 11.8 Å². The topological polar surface area (TPSA) is 97.4 Å². The molecule has 0 saturated carbocycles. The number of hydrogen-bond donors (Lipinski definition) is 1. The Morgan fingerprint density at radius 3 is 2.73 bits per heavy atom. The standard InChI is InChI=1S/C19H17N3O4/c1-25-17-6-4-3-5-13(17)16(23)11-22-8-7-15-14(19(22)24)9-12(10-20)18(21-15)26-2/h3-9,16,23H,11H2,1-2H3/t16-/m0/s1. The number of pyridine rings is 2. The van der Waals surface area contributed by atoms with Gasteiger partial charge in [0.05, 0.1) is 31.7 Å². The van der Waals surface area contributed by atoms with Gasteiger partial charge in [-0.1, -0.05) is 18.2 Å². The van der Waals surface area contributed by atoms with Crippen LogP contribution in [0.1, 0.15) is 17.2 Å². The monoisotopic (exact) mass is 351 g/mol. The first kappa shape index (κ1) is 17.5. The summed E-state index contributed by atoms with van der Waals surface area (Å²) >= 11 is 0. The van der Waals surface area contributed by atoms with E-state index in [1.54, 1.807) is 36.5 Å². The summed E-state index contributed by atoms with van der Waals surface area (Å²) in [7, 11) is 2.94. The Hall–Kier alpha value is -3.37.